The molecule has 90 valence electrons. The lowest BCUT2D eigenvalue weighted by atomic mass is 10.4. The normalized spacial score (nSPS) is 9.33. The fourth-order valence-corrected chi connectivity index (χ4v) is 0.918. The number of hydrogen-bond donors (Lipinski definition) is 5. The van der Waals surface area contributed by atoms with Crippen LogP contribution in [0.15, 0.2) is 24.7 Å². The molecule has 0 aromatic heterocycles. The second-order valence-corrected chi connectivity index (χ2v) is 3.63. The Balaban J connectivity index is 0. The molecule has 0 fully saturated rings. The zero-order valence-corrected chi connectivity index (χ0v) is 9.28. The summed E-state index contributed by atoms with van der Waals surface area (Å²) in [5, 5.41) is 41.1. The molecule has 0 atom stereocenters. The first-order valence-corrected chi connectivity index (χ1v) is 5.30. The Hall–Kier alpha value is -0.690. The Morgan fingerprint density at radius 3 is 1.47 bits per heavy atom. The van der Waals surface area contributed by atoms with Gasteiger partial charge in [0.1, 0.15) is 6.10 Å². The fourth-order valence-electron chi connectivity index (χ4n) is 0.344. The summed E-state index contributed by atoms with van der Waals surface area (Å²) in [6, 6.07) is 0. The second kappa shape index (κ2) is 11.4. The molecule has 0 heterocycles. The van der Waals surface area contributed by atoms with Gasteiger partial charge in [0.15, 0.2) is 0 Å². The summed E-state index contributed by atoms with van der Waals surface area (Å²) in [4.78, 5) is 0. The molecule has 0 amide bonds. The molecule has 0 aromatic carbocycles. The van der Waals surface area contributed by atoms with Crippen LogP contribution in [0.3, 0.4) is 0 Å². The van der Waals surface area contributed by atoms with Crippen molar-refractivity contribution in [2.75, 3.05) is 24.7 Å². The van der Waals surface area contributed by atoms with Crippen molar-refractivity contribution in [2.24, 2.45) is 0 Å². The predicted molar refractivity (Wildman–Crippen MR) is 61.0 cm³/mol. The Kier molecular flexibility index (Phi) is 12.7. The van der Waals surface area contributed by atoms with Crippen molar-refractivity contribution in [1.82, 2.24) is 0 Å². The summed E-state index contributed by atoms with van der Waals surface area (Å²) in [5.74, 6) is 1.17. The van der Waals surface area contributed by atoms with Gasteiger partial charge >= 0.3 is 0 Å². The van der Waals surface area contributed by atoms with Gasteiger partial charge in [-0.25, -0.2) is 0 Å². The van der Waals surface area contributed by atoms with Gasteiger partial charge in [-0.15, -0.1) is 11.8 Å². The predicted octanol–water partition coefficient (Wildman–Crippen LogP) is 0.195. The largest absolute Gasteiger partial charge is 0.512 e. The Bertz CT molecular complexity index is 165. The van der Waals surface area contributed by atoms with E-state index < -0.39 is 6.10 Å². The highest BCUT2D eigenvalue weighted by molar-refractivity contribution is 7.99. The van der Waals surface area contributed by atoms with E-state index in [2.05, 4.69) is 13.2 Å². The number of aliphatic hydroxyl groups excluding tert-OH is 5. The zero-order valence-electron chi connectivity index (χ0n) is 8.46. The second-order valence-electron chi connectivity index (χ2n) is 2.64. The third-order valence-electron chi connectivity index (χ3n) is 0.959. The standard InChI is InChI=1S/C6H10O2S.C3H8O3/c1-5(7)3-9-4-6(2)8;4-1-3(6)2-5/h7-8H,1-4H2;3-6H,1-2H2. The van der Waals surface area contributed by atoms with Gasteiger partial charge < -0.3 is 25.5 Å². The van der Waals surface area contributed by atoms with E-state index >= 15 is 0 Å². The van der Waals surface area contributed by atoms with E-state index in [-0.39, 0.29) is 24.7 Å². The van der Waals surface area contributed by atoms with Gasteiger partial charge in [0.25, 0.3) is 0 Å². The molecule has 0 aliphatic carbocycles. The lowest BCUT2D eigenvalue weighted by Crippen LogP contribution is -2.15. The highest BCUT2D eigenvalue weighted by Gasteiger charge is 1.93. The highest BCUT2D eigenvalue weighted by Crippen LogP contribution is 2.06. The number of aliphatic hydroxyl groups is 5. The number of hydrogen-bond acceptors (Lipinski definition) is 6. The first kappa shape index (κ1) is 16.7. The minimum atomic E-state index is -0.954. The van der Waals surface area contributed by atoms with E-state index in [1.165, 1.54) is 11.8 Å². The van der Waals surface area contributed by atoms with Crippen LogP contribution >= 0.6 is 11.8 Å². The molecule has 0 aromatic rings. The quantitative estimate of drug-likeness (QED) is 0.424. The van der Waals surface area contributed by atoms with Crippen molar-refractivity contribution < 1.29 is 25.5 Å². The van der Waals surface area contributed by atoms with Crippen molar-refractivity contribution in [3.8, 4) is 0 Å². The van der Waals surface area contributed by atoms with Gasteiger partial charge in [0.05, 0.1) is 36.2 Å². The van der Waals surface area contributed by atoms with Crippen LogP contribution in [0, 0.1) is 0 Å². The van der Waals surface area contributed by atoms with Crippen LogP contribution in [0.2, 0.25) is 0 Å². The van der Waals surface area contributed by atoms with Gasteiger partial charge in [0, 0.05) is 0 Å². The first-order chi connectivity index (χ1) is 6.93. The summed E-state index contributed by atoms with van der Waals surface area (Å²) < 4.78 is 0. The van der Waals surface area contributed by atoms with Crippen LogP contribution in [-0.2, 0) is 0 Å². The molecule has 0 radical (unpaired) electrons. The summed E-state index contributed by atoms with van der Waals surface area (Å²) in [6.07, 6.45) is -0.954. The van der Waals surface area contributed by atoms with E-state index in [4.69, 9.17) is 25.5 Å². The molecule has 6 heteroatoms. The van der Waals surface area contributed by atoms with Crippen LogP contribution in [-0.4, -0.2) is 56.4 Å². The van der Waals surface area contributed by atoms with Gasteiger partial charge in [-0.2, -0.15) is 0 Å². The van der Waals surface area contributed by atoms with Crippen molar-refractivity contribution in [3.05, 3.63) is 24.7 Å². The van der Waals surface area contributed by atoms with Crippen LogP contribution in [0.1, 0.15) is 0 Å². The van der Waals surface area contributed by atoms with E-state index in [1.54, 1.807) is 0 Å². The summed E-state index contributed by atoms with van der Waals surface area (Å²) in [6.45, 7) is 5.82. The maximum atomic E-state index is 8.54. The average molecular weight is 238 g/mol. The molecule has 0 saturated carbocycles. The number of thioether (sulfide) groups is 1. The van der Waals surface area contributed by atoms with E-state index in [9.17, 15) is 0 Å². The van der Waals surface area contributed by atoms with E-state index in [1.807, 2.05) is 0 Å². The van der Waals surface area contributed by atoms with Gasteiger partial charge in [-0.3, -0.25) is 0 Å². The molecule has 0 aliphatic rings. The third kappa shape index (κ3) is 19.6. The van der Waals surface area contributed by atoms with Crippen LogP contribution in [0.25, 0.3) is 0 Å². The van der Waals surface area contributed by atoms with Crippen molar-refractivity contribution in [2.45, 2.75) is 6.10 Å². The summed E-state index contributed by atoms with van der Waals surface area (Å²) >= 11 is 1.37. The zero-order chi connectivity index (χ0) is 12.3. The number of rotatable bonds is 6. The molecular weight excluding hydrogens is 220 g/mol. The first-order valence-electron chi connectivity index (χ1n) is 4.15. The summed E-state index contributed by atoms with van der Waals surface area (Å²) in [7, 11) is 0. The molecule has 0 rings (SSSR count). The summed E-state index contributed by atoms with van der Waals surface area (Å²) in [5.41, 5.74) is 0. The van der Waals surface area contributed by atoms with Crippen LogP contribution in [0.5, 0.6) is 0 Å². The van der Waals surface area contributed by atoms with Gasteiger partial charge in [-0.05, 0) is 0 Å². The van der Waals surface area contributed by atoms with Crippen LogP contribution in [0.4, 0.5) is 0 Å². The topological polar surface area (TPSA) is 101 Å². The molecule has 0 saturated heterocycles. The minimum absolute atomic E-state index is 0.126. The van der Waals surface area contributed by atoms with Crippen molar-refractivity contribution in [3.63, 3.8) is 0 Å². The Labute approximate surface area is 93.4 Å². The van der Waals surface area contributed by atoms with Crippen molar-refractivity contribution in [1.29, 1.82) is 0 Å². The lowest BCUT2D eigenvalue weighted by Gasteiger charge is -1.96. The Morgan fingerprint density at radius 2 is 1.33 bits per heavy atom. The SMILES string of the molecule is C=C(O)CSCC(=C)O.OCC(O)CO. The molecular formula is C9H18O5S. The van der Waals surface area contributed by atoms with Gasteiger partial charge in [-0.1, -0.05) is 13.2 Å². The molecule has 0 bridgehead atoms. The maximum absolute atomic E-state index is 8.54. The fraction of sp³-hybridized carbons (Fsp3) is 0.556. The lowest BCUT2D eigenvalue weighted by molar-refractivity contribution is 0.0450. The minimum Gasteiger partial charge on any atom is -0.512 e. The molecule has 5 N–H and O–H groups in total. The highest BCUT2D eigenvalue weighted by atomic mass is 32.2. The van der Waals surface area contributed by atoms with Crippen LogP contribution < -0.4 is 0 Å². The average Bonchev–Trinajstić information content (AvgIpc) is 2.16. The third-order valence-corrected chi connectivity index (χ3v) is 2.03. The Morgan fingerprint density at radius 1 is 1.00 bits per heavy atom. The monoisotopic (exact) mass is 238 g/mol. The van der Waals surface area contributed by atoms with Crippen molar-refractivity contribution >= 4 is 11.8 Å². The smallest absolute Gasteiger partial charge is 0.100 e. The molecule has 0 aliphatic heterocycles. The maximum Gasteiger partial charge on any atom is 0.100 e. The van der Waals surface area contributed by atoms with E-state index in [0.717, 1.165) is 0 Å². The molecule has 0 unspecified atom stereocenters. The molecule has 15 heavy (non-hydrogen) atoms. The molecule has 0 spiro atoms. The van der Waals surface area contributed by atoms with Gasteiger partial charge in [0.2, 0.25) is 0 Å². The molecule has 5 nitrogen and oxygen atoms in total. The van der Waals surface area contributed by atoms with E-state index in [0.29, 0.717) is 11.5 Å².